The quantitative estimate of drug-likeness (QED) is 0.332. The van der Waals surface area contributed by atoms with Gasteiger partial charge in [-0.2, -0.15) is 0 Å². The summed E-state index contributed by atoms with van der Waals surface area (Å²) in [5.74, 6) is 0.230. The lowest BCUT2D eigenvalue weighted by Gasteiger charge is -2.13. The van der Waals surface area contributed by atoms with E-state index in [1.165, 1.54) is 11.3 Å². The predicted molar refractivity (Wildman–Crippen MR) is 130 cm³/mol. The Labute approximate surface area is 199 Å². The van der Waals surface area contributed by atoms with Crippen LogP contribution in [0.5, 0.6) is 11.5 Å². The lowest BCUT2D eigenvalue weighted by molar-refractivity contribution is 0.0529. The Morgan fingerprint density at radius 1 is 0.938 bits per heavy atom. The first-order chi connectivity index (χ1) is 15.5. The van der Waals surface area contributed by atoms with E-state index in [-0.39, 0.29) is 12.5 Å². The molecule has 0 fully saturated rings. The van der Waals surface area contributed by atoms with Crippen LogP contribution in [0.4, 0.5) is 5.00 Å². The highest BCUT2D eigenvalue weighted by molar-refractivity contribution is 9.10. The number of halogens is 1. The topological polar surface area (TPSA) is 73.9 Å². The molecular formula is C24H24BrNO5S. The minimum Gasteiger partial charge on any atom is -0.490 e. The molecule has 0 aliphatic rings. The van der Waals surface area contributed by atoms with E-state index < -0.39 is 5.97 Å². The second kappa shape index (κ2) is 11.2. The van der Waals surface area contributed by atoms with Gasteiger partial charge in [0.1, 0.15) is 10.6 Å². The van der Waals surface area contributed by atoms with Crippen molar-refractivity contribution in [1.82, 2.24) is 0 Å². The molecule has 2 aromatic carbocycles. The van der Waals surface area contributed by atoms with Gasteiger partial charge >= 0.3 is 5.97 Å². The molecular weight excluding hydrogens is 494 g/mol. The largest absolute Gasteiger partial charge is 0.490 e. The van der Waals surface area contributed by atoms with Gasteiger partial charge < -0.3 is 19.5 Å². The van der Waals surface area contributed by atoms with Gasteiger partial charge in [-0.1, -0.05) is 28.1 Å². The highest BCUT2D eigenvalue weighted by atomic mass is 79.9. The van der Waals surface area contributed by atoms with Crippen LogP contribution in [0.15, 0.2) is 52.3 Å². The third-order valence-electron chi connectivity index (χ3n) is 4.46. The second-order valence-corrected chi connectivity index (χ2v) is 8.36. The van der Waals surface area contributed by atoms with Crippen molar-refractivity contribution in [2.45, 2.75) is 20.8 Å². The van der Waals surface area contributed by atoms with Crippen molar-refractivity contribution in [3.05, 3.63) is 63.4 Å². The van der Waals surface area contributed by atoms with Gasteiger partial charge in [-0.3, -0.25) is 4.79 Å². The van der Waals surface area contributed by atoms with Gasteiger partial charge in [0.05, 0.1) is 19.8 Å². The standard InChI is InChI=1S/C24H24BrNO5S/c1-4-29-19-12-9-16(13-20(19)30-5-2)22(27)26-23-21(24(28)31-6-3)18(14-32-23)15-7-10-17(25)11-8-15/h7-14H,4-6H2,1-3H3,(H,26,27). The fourth-order valence-electron chi connectivity index (χ4n) is 3.07. The molecule has 1 aromatic heterocycles. The zero-order valence-electron chi connectivity index (χ0n) is 18.1. The molecule has 0 saturated carbocycles. The molecule has 1 amide bonds. The average Bonchev–Trinajstić information content (AvgIpc) is 3.19. The first-order valence-electron chi connectivity index (χ1n) is 10.2. The SMILES string of the molecule is CCOC(=O)c1c(-c2ccc(Br)cc2)csc1NC(=O)c1ccc(OCC)c(OCC)c1. The number of nitrogens with one attached hydrogen (secondary N) is 1. The minimum absolute atomic E-state index is 0.235. The monoisotopic (exact) mass is 517 g/mol. The Morgan fingerprint density at radius 3 is 2.28 bits per heavy atom. The number of ether oxygens (including phenoxy) is 3. The lowest BCUT2D eigenvalue weighted by atomic mass is 10.0. The third-order valence-corrected chi connectivity index (χ3v) is 5.88. The Hall–Kier alpha value is -2.84. The zero-order valence-corrected chi connectivity index (χ0v) is 20.5. The maximum Gasteiger partial charge on any atom is 0.341 e. The highest BCUT2D eigenvalue weighted by Gasteiger charge is 2.23. The number of carbonyl (C=O) groups excluding carboxylic acids is 2. The van der Waals surface area contributed by atoms with Crippen molar-refractivity contribution < 1.29 is 23.8 Å². The van der Waals surface area contributed by atoms with E-state index in [0.717, 1.165) is 10.0 Å². The second-order valence-electron chi connectivity index (χ2n) is 6.56. The summed E-state index contributed by atoms with van der Waals surface area (Å²) < 4.78 is 17.4. The molecule has 0 aliphatic carbocycles. The van der Waals surface area contributed by atoms with Gasteiger partial charge in [-0.05, 0) is 56.7 Å². The molecule has 1 N–H and O–H groups in total. The van der Waals surface area contributed by atoms with Crippen LogP contribution in [-0.4, -0.2) is 31.7 Å². The van der Waals surface area contributed by atoms with Crippen molar-refractivity contribution in [3.8, 4) is 22.6 Å². The molecule has 0 radical (unpaired) electrons. The van der Waals surface area contributed by atoms with E-state index in [9.17, 15) is 9.59 Å². The smallest absolute Gasteiger partial charge is 0.341 e. The maximum absolute atomic E-state index is 13.0. The minimum atomic E-state index is -0.483. The van der Waals surface area contributed by atoms with Crippen LogP contribution in [0.25, 0.3) is 11.1 Å². The first kappa shape index (κ1) is 23.8. The Kier molecular flexibility index (Phi) is 8.30. The Morgan fingerprint density at radius 2 is 1.62 bits per heavy atom. The van der Waals surface area contributed by atoms with Crippen molar-refractivity contribution in [2.24, 2.45) is 0 Å². The number of hydrogen-bond donors (Lipinski definition) is 1. The number of anilines is 1. The molecule has 6 nitrogen and oxygen atoms in total. The Bertz CT molecular complexity index is 1090. The summed E-state index contributed by atoms with van der Waals surface area (Å²) in [6.45, 7) is 6.66. The molecule has 0 aliphatic heterocycles. The van der Waals surface area contributed by atoms with Crippen LogP contribution in [0.2, 0.25) is 0 Å². The zero-order chi connectivity index (χ0) is 23.1. The van der Waals surface area contributed by atoms with Crippen LogP contribution < -0.4 is 14.8 Å². The molecule has 32 heavy (non-hydrogen) atoms. The van der Waals surface area contributed by atoms with E-state index in [4.69, 9.17) is 14.2 Å². The molecule has 168 valence electrons. The number of benzene rings is 2. The van der Waals surface area contributed by atoms with E-state index in [0.29, 0.717) is 46.4 Å². The van der Waals surface area contributed by atoms with Crippen LogP contribution >= 0.6 is 27.3 Å². The fourth-order valence-corrected chi connectivity index (χ4v) is 4.28. The van der Waals surface area contributed by atoms with Crippen molar-refractivity contribution >= 4 is 44.1 Å². The molecule has 0 atom stereocenters. The molecule has 3 rings (SSSR count). The summed E-state index contributed by atoms with van der Waals surface area (Å²) >= 11 is 4.70. The van der Waals surface area contributed by atoms with Gasteiger partial charge in [-0.15, -0.1) is 11.3 Å². The van der Waals surface area contributed by atoms with E-state index >= 15 is 0 Å². The molecule has 8 heteroatoms. The van der Waals surface area contributed by atoms with Gasteiger partial charge in [0.15, 0.2) is 11.5 Å². The summed E-state index contributed by atoms with van der Waals surface area (Å²) in [6.07, 6.45) is 0. The molecule has 1 heterocycles. The van der Waals surface area contributed by atoms with E-state index in [1.54, 1.807) is 25.1 Å². The molecule has 0 bridgehead atoms. The number of carbonyl (C=O) groups is 2. The summed E-state index contributed by atoms with van der Waals surface area (Å²) in [5.41, 5.74) is 2.29. The summed E-state index contributed by atoms with van der Waals surface area (Å²) in [5, 5.41) is 5.13. The maximum atomic E-state index is 13.0. The van der Waals surface area contributed by atoms with Crippen LogP contribution in [-0.2, 0) is 4.74 Å². The van der Waals surface area contributed by atoms with Crippen LogP contribution in [0, 0.1) is 0 Å². The fraction of sp³-hybridized carbons (Fsp3) is 0.250. The van der Waals surface area contributed by atoms with Crippen molar-refractivity contribution in [1.29, 1.82) is 0 Å². The molecule has 3 aromatic rings. The first-order valence-corrected chi connectivity index (χ1v) is 11.9. The summed E-state index contributed by atoms with van der Waals surface area (Å²) in [6, 6.07) is 12.6. The highest BCUT2D eigenvalue weighted by Crippen LogP contribution is 2.37. The Balaban J connectivity index is 1.94. The lowest BCUT2D eigenvalue weighted by Crippen LogP contribution is -2.15. The molecule has 0 unspecified atom stereocenters. The van der Waals surface area contributed by atoms with E-state index in [2.05, 4.69) is 21.2 Å². The number of amides is 1. The number of hydrogen-bond acceptors (Lipinski definition) is 6. The van der Waals surface area contributed by atoms with Gasteiger partial charge in [-0.25, -0.2) is 4.79 Å². The predicted octanol–water partition coefficient (Wildman–Crippen LogP) is 6.40. The van der Waals surface area contributed by atoms with Crippen molar-refractivity contribution in [3.63, 3.8) is 0 Å². The summed E-state index contributed by atoms with van der Waals surface area (Å²) in [7, 11) is 0. The van der Waals surface area contributed by atoms with Gasteiger partial charge in [0.2, 0.25) is 0 Å². The third kappa shape index (κ3) is 5.49. The number of thiophene rings is 1. The van der Waals surface area contributed by atoms with Gasteiger partial charge in [0, 0.05) is 21.0 Å². The molecule has 0 saturated heterocycles. The summed E-state index contributed by atoms with van der Waals surface area (Å²) in [4.78, 5) is 25.8. The van der Waals surface area contributed by atoms with Crippen LogP contribution in [0.3, 0.4) is 0 Å². The molecule has 0 spiro atoms. The van der Waals surface area contributed by atoms with Crippen molar-refractivity contribution in [2.75, 3.05) is 25.1 Å². The van der Waals surface area contributed by atoms with Crippen LogP contribution in [0.1, 0.15) is 41.5 Å². The average molecular weight is 518 g/mol. The number of rotatable bonds is 9. The normalized spacial score (nSPS) is 10.5. The number of esters is 1. The van der Waals surface area contributed by atoms with Gasteiger partial charge in [0.25, 0.3) is 5.91 Å². The van der Waals surface area contributed by atoms with E-state index in [1.807, 2.05) is 43.5 Å².